The maximum Gasteiger partial charge on any atom is 0.308 e. The van der Waals surface area contributed by atoms with Gasteiger partial charge in [0.15, 0.2) is 0 Å². The first-order chi connectivity index (χ1) is 11.3. The lowest BCUT2D eigenvalue weighted by Gasteiger charge is -2.24. The number of carbonyl (C=O) groups is 4. The molecule has 1 aromatic heterocycles. The van der Waals surface area contributed by atoms with Gasteiger partial charge in [-0.05, 0) is 13.0 Å². The lowest BCUT2D eigenvalue weighted by Crippen LogP contribution is -2.33. The number of carbonyl (C=O) groups excluding carboxylic acids is 4. The van der Waals surface area contributed by atoms with E-state index in [2.05, 4.69) is 4.98 Å². The fourth-order valence-corrected chi connectivity index (χ4v) is 2.62. The van der Waals surface area contributed by atoms with Gasteiger partial charge < -0.3 is 9.47 Å². The molecular formula is C16H14N2O6. The Kier molecular flexibility index (Phi) is 3.67. The quantitative estimate of drug-likeness (QED) is 0.596. The summed E-state index contributed by atoms with van der Waals surface area (Å²) in [4.78, 5) is 52.8. The van der Waals surface area contributed by atoms with Crippen LogP contribution in [0.25, 0.3) is 0 Å². The van der Waals surface area contributed by atoms with E-state index >= 15 is 0 Å². The number of nitrogens with zero attached hydrogens (tertiary/aromatic N) is 2. The minimum absolute atomic E-state index is 0.0108. The second-order valence-electron chi connectivity index (χ2n) is 5.56. The van der Waals surface area contributed by atoms with Crippen LogP contribution >= 0.6 is 0 Å². The molecule has 3 heterocycles. The summed E-state index contributed by atoms with van der Waals surface area (Å²) in [5, 5.41) is 0. The summed E-state index contributed by atoms with van der Waals surface area (Å²) in [5.41, 5.74) is -1.13. The standard InChI is InChI=1S/C16H14N2O6/c1-9(19)23-13-14(22)16(2,10-4-3-7-17-8-10)24-15(13)18-11(20)5-6-12(18)21/h3-4,7-8H,5-6H2,1-2H3. The molecule has 0 spiro atoms. The van der Waals surface area contributed by atoms with Crippen molar-refractivity contribution in [3.8, 4) is 0 Å². The highest BCUT2D eigenvalue weighted by Crippen LogP contribution is 2.41. The molecule has 1 atom stereocenters. The predicted molar refractivity (Wildman–Crippen MR) is 77.6 cm³/mol. The maximum absolute atomic E-state index is 12.8. The van der Waals surface area contributed by atoms with Gasteiger partial charge >= 0.3 is 5.97 Å². The van der Waals surface area contributed by atoms with E-state index in [9.17, 15) is 19.2 Å². The molecule has 0 saturated carbocycles. The molecule has 2 aliphatic rings. The van der Waals surface area contributed by atoms with Gasteiger partial charge in [-0.15, -0.1) is 0 Å². The second kappa shape index (κ2) is 5.55. The molecule has 24 heavy (non-hydrogen) atoms. The number of ketones is 1. The zero-order valence-electron chi connectivity index (χ0n) is 13.1. The van der Waals surface area contributed by atoms with E-state index < -0.39 is 34.9 Å². The smallest absolute Gasteiger partial charge is 0.308 e. The van der Waals surface area contributed by atoms with Crippen molar-refractivity contribution < 1.29 is 28.7 Å². The van der Waals surface area contributed by atoms with Crippen LogP contribution in [0.5, 0.6) is 0 Å². The molecule has 8 heteroatoms. The number of esters is 1. The summed E-state index contributed by atoms with van der Waals surface area (Å²) < 4.78 is 10.6. The summed E-state index contributed by atoms with van der Waals surface area (Å²) in [6, 6.07) is 3.24. The molecule has 1 unspecified atom stereocenters. The Bertz CT molecular complexity index is 769. The monoisotopic (exact) mass is 330 g/mol. The van der Waals surface area contributed by atoms with Crippen molar-refractivity contribution in [1.82, 2.24) is 9.88 Å². The minimum Gasteiger partial charge on any atom is -0.456 e. The number of Topliss-reactive ketones (excluding diaryl/α,β-unsaturated/α-hetero) is 1. The Labute approximate surface area is 137 Å². The molecule has 1 saturated heterocycles. The fourth-order valence-electron chi connectivity index (χ4n) is 2.62. The topological polar surface area (TPSA) is 103 Å². The van der Waals surface area contributed by atoms with E-state index in [0.717, 1.165) is 11.8 Å². The SMILES string of the molecule is CC(=O)OC1=C(N2C(=O)CCC2=O)OC(C)(c2cccnc2)C1=O. The third-order valence-corrected chi connectivity index (χ3v) is 3.85. The van der Waals surface area contributed by atoms with E-state index in [1.54, 1.807) is 12.1 Å². The van der Waals surface area contributed by atoms with E-state index in [1.165, 1.54) is 19.3 Å². The van der Waals surface area contributed by atoms with Crippen molar-refractivity contribution in [3.63, 3.8) is 0 Å². The molecule has 0 aliphatic carbocycles. The van der Waals surface area contributed by atoms with Crippen molar-refractivity contribution in [2.45, 2.75) is 32.3 Å². The van der Waals surface area contributed by atoms with Crippen molar-refractivity contribution in [2.24, 2.45) is 0 Å². The molecule has 2 amide bonds. The maximum atomic E-state index is 12.8. The van der Waals surface area contributed by atoms with Crippen molar-refractivity contribution in [3.05, 3.63) is 41.7 Å². The molecule has 0 bridgehead atoms. The highest BCUT2D eigenvalue weighted by molar-refractivity contribution is 6.08. The Morgan fingerprint density at radius 2 is 1.96 bits per heavy atom. The number of ether oxygens (including phenoxy) is 2. The number of imide groups is 1. The van der Waals surface area contributed by atoms with Gasteiger partial charge in [-0.3, -0.25) is 24.2 Å². The molecule has 2 aliphatic heterocycles. The number of likely N-dealkylation sites (tertiary alicyclic amines) is 1. The molecule has 8 nitrogen and oxygen atoms in total. The van der Waals surface area contributed by atoms with Crippen LogP contribution in [0.1, 0.15) is 32.3 Å². The van der Waals surface area contributed by atoms with Crippen LogP contribution in [0.15, 0.2) is 36.2 Å². The molecule has 1 aromatic rings. The lowest BCUT2D eigenvalue weighted by atomic mass is 9.93. The van der Waals surface area contributed by atoms with Gasteiger partial charge in [0.05, 0.1) is 0 Å². The Balaban J connectivity index is 2.08. The molecule has 0 radical (unpaired) electrons. The van der Waals surface area contributed by atoms with E-state index in [-0.39, 0.29) is 18.7 Å². The van der Waals surface area contributed by atoms with Crippen molar-refractivity contribution in [1.29, 1.82) is 0 Å². The molecule has 0 N–H and O–H groups in total. The number of amides is 2. The average Bonchev–Trinajstić information content (AvgIpc) is 3.00. The first-order valence-corrected chi connectivity index (χ1v) is 7.27. The molecular weight excluding hydrogens is 316 g/mol. The van der Waals surface area contributed by atoms with Gasteiger partial charge in [-0.2, -0.15) is 0 Å². The zero-order valence-corrected chi connectivity index (χ0v) is 13.1. The third-order valence-electron chi connectivity index (χ3n) is 3.85. The summed E-state index contributed by atoms with van der Waals surface area (Å²) in [6.07, 6.45) is 2.98. The van der Waals surface area contributed by atoms with Crippen LogP contribution in [0.2, 0.25) is 0 Å². The molecule has 3 rings (SSSR count). The molecule has 0 aromatic carbocycles. The van der Waals surface area contributed by atoms with Crippen molar-refractivity contribution in [2.75, 3.05) is 0 Å². The second-order valence-corrected chi connectivity index (χ2v) is 5.56. The third kappa shape index (κ3) is 2.36. The summed E-state index contributed by atoms with van der Waals surface area (Å²) in [7, 11) is 0. The number of rotatable bonds is 3. The lowest BCUT2D eigenvalue weighted by molar-refractivity contribution is -0.144. The van der Waals surface area contributed by atoms with Gasteiger partial charge in [0, 0.05) is 37.7 Å². The number of aromatic nitrogens is 1. The Morgan fingerprint density at radius 1 is 1.29 bits per heavy atom. The van der Waals surface area contributed by atoms with E-state index in [1.807, 2.05) is 0 Å². The van der Waals surface area contributed by atoms with Gasteiger partial charge in [0.1, 0.15) is 0 Å². The van der Waals surface area contributed by atoms with Crippen molar-refractivity contribution >= 4 is 23.6 Å². The Morgan fingerprint density at radius 3 is 2.50 bits per heavy atom. The number of hydrogen-bond donors (Lipinski definition) is 0. The summed E-state index contributed by atoms with van der Waals surface area (Å²) >= 11 is 0. The normalized spacial score (nSPS) is 23.8. The van der Waals surface area contributed by atoms with Crippen LogP contribution in [0, 0.1) is 0 Å². The highest BCUT2D eigenvalue weighted by Gasteiger charge is 2.53. The first-order valence-electron chi connectivity index (χ1n) is 7.27. The van der Waals surface area contributed by atoms with Gasteiger partial charge in [0.25, 0.3) is 11.7 Å². The molecule has 1 fully saturated rings. The van der Waals surface area contributed by atoms with Crippen LogP contribution < -0.4 is 0 Å². The molecule has 124 valence electrons. The summed E-state index contributed by atoms with van der Waals surface area (Å²) in [5.74, 6) is -3.22. The summed E-state index contributed by atoms with van der Waals surface area (Å²) in [6.45, 7) is 2.58. The van der Waals surface area contributed by atoms with E-state index in [0.29, 0.717) is 5.56 Å². The van der Waals surface area contributed by atoms with E-state index in [4.69, 9.17) is 9.47 Å². The highest BCUT2D eigenvalue weighted by atomic mass is 16.6. The van der Waals surface area contributed by atoms with Gasteiger partial charge in [0.2, 0.25) is 23.2 Å². The number of hydrogen-bond acceptors (Lipinski definition) is 7. The van der Waals surface area contributed by atoms with Crippen LogP contribution in [0.4, 0.5) is 0 Å². The van der Waals surface area contributed by atoms with Crippen LogP contribution in [-0.2, 0) is 34.3 Å². The van der Waals surface area contributed by atoms with Crippen LogP contribution in [0.3, 0.4) is 0 Å². The number of pyridine rings is 1. The zero-order chi connectivity index (χ0) is 17.5. The predicted octanol–water partition coefficient (Wildman–Crippen LogP) is 0.777. The average molecular weight is 330 g/mol. The Hall–Kier alpha value is -3.03. The largest absolute Gasteiger partial charge is 0.456 e. The fraction of sp³-hybridized carbons (Fsp3) is 0.312. The minimum atomic E-state index is -1.54. The van der Waals surface area contributed by atoms with Gasteiger partial charge in [-0.1, -0.05) is 6.07 Å². The van der Waals surface area contributed by atoms with Gasteiger partial charge in [-0.25, -0.2) is 4.90 Å². The van der Waals surface area contributed by atoms with Crippen LogP contribution in [-0.4, -0.2) is 33.5 Å². The first kappa shape index (κ1) is 15.9.